The molecule has 7 heteroatoms. The first kappa shape index (κ1) is 14.9. The van der Waals surface area contributed by atoms with Crippen LogP contribution in [0.3, 0.4) is 0 Å². The molecule has 4 rings (SSSR count). The fourth-order valence-electron chi connectivity index (χ4n) is 3.31. The van der Waals surface area contributed by atoms with Gasteiger partial charge in [-0.2, -0.15) is 5.10 Å². The predicted molar refractivity (Wildman–Crippen MR) is 87.2 cm³/mol. The van der Waals surface area contributed by atoms with E-state index in [0.29, 0.717) is 43.0 Å². The van der Waals surface area contributed by atoms with Crippen molar-refractivity contribution in [3.63, 3.8) is 0 Å². The van der Waals surface area contributed by atoms with Gasteiger partial charge < -0.3 is 10.0 Å². The van der Waals surface area contributed by atoms with Gasteiger partial charge in [0.05, 0.1) is 23.9 Å². The van der Waals surface area contributed by atoms with Crippen molar-refractivity contribution in [2.75, 3.05) is 18.0 Å². The lowest BCUT2D eigenvalue weighted by Gasteiger charge is -2.32. The molecule has 1 aromatic heterocycles. The van der Waals surface area contributed by atoms with E-state index in [2.05, 4.69) is 15.3 Å². The van der Waals surface area contributed by atoms with Crippen LogP contribution in [-0.4, -0.2) is 45.9 Å². The van der Waals surface area contributed by atoms with Crippen molar-refractivity contribution in [2.24, 2.45) is 0 Å². The highest BCUT2D eigenvalue weighted by Gasteiger charge is 2.34. The van der Waals surface area contributed by atoms with E-state index >= 15 is 0 Å². The molecule has 1 saturated heterocycles. The molecule has 3 heterocycles. The molecule has 2 N–H and O–H groups in total. The van der Waals surface area contributed by atoms with E-state index < -0.39 is 5.91 Å². The Kier molecular flexibility index (Phi) is 3.57. The van der Waals surface area contributed by atoms with Crippen LogP contribution >= 0.6 is 0 Å². The third-order valence-corrected chi connectivity index (χ3v) is 4.51. The van der Waals surface area contributed by atoms with Gasteiger partial charge in [0, 0.05) is 13.1 Å². The number of amides is 2. The second-order valence-electron chi connectivity index (χ2n) is 6.16. The number of carbonyl (C=O) groups is 2. The highest BCUT2D eigenvalue weighted by molar-refractivity contribution is 6.12. The van der Waals surface area contributed by atoms with Gasteiger partial charge in [0.2, 0.25) is 5.91 Å². The third kappa shape index (κ3) is 2.46. The second kappa shape index (κ2) is 5.76. The van der Waals surface area contributed by atoms with Crippen LogP contribution in [-0.2, 0) is 11.2 Å². The summed E-state index contributed by atoms with van der Waals surface area (Å²) in [6.45, 7) is 1.29. The molecule has 2 aromatic rings. The first-order valence-electron chi connectivity index (χ1n) is 8.08. The van der Waals surface area contributed by atoms with Gasteiger partial charge in [0.25, 0.3) is 5.91 Å². The molecule has 2 aliphatic rings. The largest absolute Gasteiger partial charge is 0.393 e. The molecule has 7 nitrogen and oxygen atoms in total. The summed E-state index contributed by atoms with van der Waals surface area (Å²) in [5.74, 6) is -0.0246. The number of rotatable bonds is 2. The molecule has 24 heavy (non-hydrogen) atoms. The van der Waals surface area contributed by atoms with Crippen molar-refractivity contribution in [3.8, 4) is 5.69 Å². The van der Waals surface area contributed by atoms with E-state index in [0.717, 1.165) is 5.69 Å². The average Bonchev–Trinajstić information content (AvgIpc) is 2.96. The Labute approximate surface area is 138 Å². The molecular formula is C17H18N4O3. The number of anilines is 1. The topological polar surface area (TPSA) is 87.5 Å². The Balaban J connectivity index is 1.86. The van der Waals surface area contributed by atoms with Crippen LogP contribution in [0.15, 0.2) is 30.3 Å². The molecule has 0 saturated carbocycles. The number of para-hydroxylation sites is 1. The van der Waals surface area contributed by atoms with E-state index in [4.69, 9.17) is 0 Å². The van der Waals surface area contributed by atoms with Crippen LogP contribution in [0.1, 0.15) is 28.9 Å². The number of aliphatic hydroxyl groups is 1. The van der Waals surface area contributed by atoms with Gasteiger partial charge in [0.1, 0.15) is 11.4 Å². The minimum atomic E-state index is -0.399. The maximum atomic E-state index is 12.4. The number of aliphatic hydroxyl groups excluding tert-OH is 1. The SMILES string of the molecule is O=C1Cc2nn(-c3ccccc3)c(N3CCC(O)CC3)c2C(=O)N1. The van der Waals surface area contributed by atoms with Crippen LogP contribution in [0.2, 0.25) is 0 Å². The maximum Gasteiger partial charge on any atom is 0.263 e. The summed E-state index contributed by atoms with van der Waals surface area (Å²) in [6, 6.07) is 9.57. The Morgan fingerprint density at radius 3 is 2.54 bits per heavy atom. The van der Waals surface area contributed by atoms with Gasteiger partial charge in [-0.3, -0.25) is 14.9 Å². The minimum Gasteiger partial charge on any atom is -0.393 e. The second-order valence-corrected chi connectivity index (χ2v) is 6.16. The molecule has 0 unspecified atom stereocenters. The van der Waals surface area contributed by atoms with Crippen molar-refractivity contribution in [2.45, 2.75) is 25.4 Å². The molecule has 1 aromatic carbocycles. The minimum absolute atomic E-state index is 0.102. The van der Waals surface area contributed by atoms with E-state index in [1.165, 1.54) is 0 Å². The number of carbonyl (C=O) groups excluding carboxylic acids is 2. The smallest absolute Gasteiger partial charge is 0.263 e. The van der Waals surface area contributed by atoms with Crippen LogP contribution in [0.5, 0.6) is 0 Å². The summed E-state index contributed by atoms with van der Waals surface area (Å²) in [4.78, 5) is 26.2. The average molecular weight is 326 g/mol. The molecule has 0 atom stereocenters. The van der Waals surface area contributed by atoms with E-state index in [9.17, 15) is 14.7 Å². The number of fused-ring (bicyclic) bond motifs is 1. The molecule has 0 aliphatic carbocycles. The number of aromatic nitrogens is 2. The van der Waals surface area contributed by atoms with Gasteiger partial charge in [0.15, 0.2) is 0 Å². The Hall–Kier alpha value is -2.67. The Morgan fingerprint density at radius 1 is 1.12 bits per heavy atom. The standard InChI is InChI=1S/C17H18N4O3/c22-12-6-8-20(9-7-12)17-15-13(10-14(23)18-16(15)24)19-21(17)11-4-2-1-3-5-11/h1-5,12,22H,6-10H2,(H,18,23,24). The maximum absolute atomic E-state index is 12.4. The van der Waals surface area contributed by atoms with E-state index in [1.807, 2.05) is 30.3 Å². The highest BCUT2D eigenvalue weighted by Crippen LogP contribution is 2.31. The third-order valence-electron chi connectivity index (χ3n) is 4.51. The summed E-state index contributed by atoms with van der Waals surface area (Å²) in [5.41, 5.74) is 1.82. The lowest BCUT2D eigenvalue weighted by molar-refractivity contribution is -0.119. The fourth-order valence-corrected chi connectivity index (χ4v) is 3.31. The molecule has 0 spiro atoms. The van der Waals surface area contributed by atoms with E-state index in [1.54, 1.807) is 4.68 Å². The lowest BCUT2D eigenvalue weighted by atomic mass is 10.0. The van der Waals surface area contributed by atoms with Gasteiger partial charge >= 0.3 is 0 Å². The summed E-state index contributed by atoms with van der Waals surface area (Å²) in [5, 5.41) is 16.7. The van der Waals surface area contributed by atoms with Crippen molar-refractivity contribution >= 4 is 17.6 Å². The van der Waals surface area contributed by atoms with Crippen molar-refractivity contribution < 1.29 is 14.7 Å². The zero-order chi connectivity index (χ0) is 16.7. The molecule has 2 amide bonds. The molecule has 124 valence electrons. The number of hydrogen-bond acceptors (Lipinski definition) is 5. The monoisotopic (exact) mass is 326 g/mol. The predicted octanol–water partition coefficient (Wildman–Crippen LogP) is 0.646. The number of piperidine rings is 1. The zero-order valence-electron chi connectivity index (χ0n) is 13.1. The molecule has 1 fully saturated rings. The van der Waals surface area contributed by atoms with Crippen LogP contribution in [0, 0.1) is 0 Å². The molecule has 2 aliphatic heterocycles. The number of hydrogen-bond donors (Lipinski definition) is 2. The number of benzene rings is 1. The summed E-state index contributed by atoms with van der Waals surface area (Å²) in [6.07, 6.45) is 1.09. The molecule has 0 bridgehead atoms. The van der Waals surface area contributed by atoms with Gasteiger partial charge in [-0.05, 0) is 25.0 Å². The zero-order valence-corrected chi connectivity index (χ0v) is 13.1. The Morgan fingerprint density at radius 2 is 1.83 bits per heavy atom. The van der Waals surface area contributed by atoms with Crippen LogP contribution in [0.4, 0.5) is 5.82 Å². The van der Waals surface area contributed by atoms with Crippen molar-refractivity contribution in [1.29, 1.82) is 0 Å². The quantitative estimate of drug-likeness (QED) is 0.791. The first-order chi connectivity index (χ1) is 11.6. The van der Waals surface area contributed by atoms with Gasteiger partial charge in [-0.15, -0.1) is 0 Å². The molecule has 0 radical (unpaired) electrons. The Bertz CT molecular complexity index is 792. The number of nitrogens with one attached hydrogen (secondary N) is 1. The van der Waals surface area contributed by atoms with Gasteiger partial charge in [-0.1, -0.05) is 18.2 Å². The highest BCUT2D eigenvalue weighted by atomic mass is 16.3. The van der Waals surface area contributed by atoms with Gasteiger partial charge in [-0.25, -0.2) is 4.68 Å². The summed E-state index contributed by atoms with van der Waals surface area (Å²) < 4.78 is 1.74. The lowest BCUT2D eigenvalue weighted by Crippen LogP contribution is -2.40. The van der Waals surface area contributed by atoms with Crippen LogP contribution in [0.25, 0.3) is 5.69 Å². The summed E-state index contributed by atoms with van der Waals surface area (Å²) >= 11 is 0. The normalized spacial score (nSPS) is 18.5. The number of imide groups is 1. The van der Waals surface area contributed by atoms with Crippen LogP contribution < -0.4 is 10.2 Å². The fraction of sp³-hybridized carbons (Fsp3) is 0.353. The first-order valence-corrected chi connectivity index (χ1v) is 8.08. The molecular weight excluding hydrogens is 308 g/mol. The van der Waals surface area contributed by atoms with Crippen molar-refractivity contribution in [3.05, 3.63) is 41.6 Å². The summed E-state index contributed by atoms with van der Waals surface area (Å²) in [7, 11) is 0. The number of nitrogens with zero attached hydrogens (tertiary/aromatic N) is 3. The van der Waals surface area contributed by atoms with E-state index in [-0.39, 0.29) is 18.4 Å². The van der Waals surface area contributed by atoms with Crippen molar-refractivity contribution in [1.82, 2.24) is 15.1 Å².